The summed E-state index contributed by atoms with van der Waals surface area (Å²) < 4.78 is 17.7. The second kappa shape index (κ2) is 9.28. The first-order chi connectivity index (χ1) is 13.6. The SMILES string of the molecule is COc1cc(COc2ccc(Br)cc2C(=O)O)ccc1OCc1ccccc1. The van der Waals surface area contributed by atoms with Gasteiger partial charge in [0.1, 0.15) is 24.5 Å². The average Bonchev–Trinajstić information content (AvgIpc) is 2.72. The third-order valence-corrected chi connectivity index (χ3v) is 4.52. The van der Waals surface area contributed by atoms with Gasteiger partial charge in [-0.2, -0.15) is 0 Å². The molecule has 0 aliphatic rings. The third kappa shape index (κ3) is 5.04. The van der Waals surface area contributed by atoms with Crippen molar-refractivity contribution in [2.75, 3.05) is 7.11 Å². The minimum atomic E-state index is -1.04. The highest BCUT2D eigenvalue weighted by atomic mass is 79.9. The Bertz CT molecular complexity index is 956. The van der Waals surface area contributed by atoms with Crippen LogP contribution < -0.4 is 14.2 Å². The van der Waals surface area contributed by atoms with Crippen molar-refractivity contribution in [1.29, 1.82) is 0 Å². The molecule has 3 aromatic rings. The van der Waals surface area contributed by atoms with Crippen LogP contribution in [0.25, 0.3) is 0 Å². The van der Waals surface area contributed by atoms with Crippen molar-refractivity contribution in [1.82, 2.24) is 0 Å². The number of halogens is 1. The Morgan fingerprint density at radius 3 is 2.25 bits per heavy atom. The van der Waals surface area contributed by atoms with Gasteiger partial charge in [-0.3, -0.25) is 0 Å². The molecule has 0 aliphatic carbocycles. The molecular weight excluding hydrogens is 424 g/mol. The molecule has 144 valence electrons. The van der Waals surface area contributed by atoms with Crippen molar-refractivity contribution in [2.45, 2.75) is 13.2 Å². The monoisotopic (exact) mass is 442 g/mol. The van der Waals surface area contributed by atoms with Crippen molar-refractivity contribution in [3.63, 3.8) is 0 Å². The van der Waals surface area contributed by atoms with Crippen LogP contribution in [0.5, 0.6) is 17.2 Å². The van der Waals surface area contributed by atoms with E-state index >= 15 is 0 Å². The van der Waals surface area contributed by atoms with Crippen LogP contribution >= 0.6 is 15.9 Å². The summed E-state index contributed by atoms with van der Waals surface area (Å²) in [6.45, 7) is 0.644. The third-order valence-electron chi connectivity index (χ3n) is 4.03. The average molecular weight is 443 g/mol. The second-order valence-electron chi connectivity index (χ2n) is 5.99. The van der Waals surface area contributed by atoms with E-state index < -0.39 is 5.97 Å². The standard InChI is InChI=1S/C22H19BrO5/c1-26-21-11-16(7-9-20(21)28-13-15-5-3-2-4-6-15)14-27-19-10-8-17(23)12-18(19)22(24)25/h2-12H,13-14H2,1H3,(H,24,25). The topological polar surface area (TPSA) is 65.0 Å². The van der Waals surface area contributed by atoms with E-state index in [0.717, 1.165) is 11.1 Å². The lowest BCUT2D eigenvalue weighted by atomic mass is 10.2. The number of hydrogen-bond donors (Lipinski definition) is 1. The Balaban J connectivity index is 1.69. The van der Waals surface area contributed by atoms with Gasteiger partial charge in [-0.15, -0.1) is 0 Å². The molecule has 28 heavy (non-hydrogen) atoms. The lowest BCUT2D eigenvalue weighted by Gasteiger charge is -2.13. The highest BCUT2D eigenvalue weighted by Crippen LogP contribution is 2.30. The molecule has 0 bridgehead atoms. The van der Waals surface area contributed by atoms with Gasteiger partial charge in [0, 0.05) is 4.47 Å². The lowest BCUT2D eigenvalue weighted by molar-refractivity contribution is 0.0691. The molecule has 0 saturated heterocycles. The fourth-order valence-electron chi connectivity index (χ4n) is 2.61. The van der Waals surface area contributed by atoms with Crippen LogP contribution in [0.3, 0.4) is 0 Å². The van der Waals surface area contributed by atoms with E-state index in [4.69, 9.17) is 14.2 Å². The minimum absolute atomic E-state index is 0.101. The summed E-state index contributed by atoms with van der Waals surface area (Å²) >= 11 is 3.27. The van der Waals surface area contributed by atoms with E-state index in [1.807, 2.05) is 48.5 Å². The smallest absolute Gasteiger partial charge is 0.339 e. The van der Waals surface area contributed by atoms with Gasteiger partial charge >= 0.3 is 5.97 Å². The number of hydrogen-bond acceptors (Lipinski definition) is 4. The first-order valence-corrected chi connectivity index (χ1v) is 9.35. The van der Waals surface area contributed by atoms with Gasteiger partial charge < -0.3 is 19.3 Å². The van der Waals surface area contributed by atoms with Crippen LogP contribution in [0.15, 0.2) is 71.2 Å². The second-order valence-corrected chi connectivity index (χ2v) is 6.91. The van der Waals surface area contributed by atoms with Crippen LogP contribution in [0, 0.1) is 0 Å². The molecule has 0 unspecified atom stereocenters. The van der Waals surface area contributed by atoms with Crippen molar-refractivity contribution in [3.05, 3.63) is 87.9 Å². The summed E-state index contributed by atoms with van der Waals surface area (Å²) in [5.74, 6) is 0.480. The lowest BCUT2D eigenvalue weighted by Crippen LogP contribution is -2.04. The molecule has 3 aromatic carbocycles. The maximum atomic E-state index is 11.4. The fourth-order valence-corrected chi connectivity index (χ4v) is 2.97. The number of benzene rings is 3. The minimum Gasteiger partial charge on any atom is -0.493 e. The van der Waals surface area contributed by atoms with Gasteiger partial charge in [0.15, 0.2) is 11.5 Å². The summed E-state index contributed by atoms with van der Waals surface area (Å²) in [5.41, 5.74) is 2.00. The quantitative estimate of drug-likeness (QED) is 0.511. The first kappa shape index (κ1) is 19.8. The highest BCUT2D eigenvalue weighted by molar-refractivity contribution is 9.10. The summed E-state index contributed by atoms with van der Waals surface area (Å²) in [6, 6.07) is 20.2. The molecule has 1 N–H and O–H groups in total. The molecule has 5 nitrogen and oxygen atoms in total. The van der Waals surface area contributed by atoms with Crippen LogP contribution in [-0.2, 0) is 13.2 Å². The van der Waals surface area contributed by atoms with E-state index in [-0.39, 0.29) is 12.2 Å². The molecule has 0 amide bonds. The van der Waals surface area contributed by atoms with E-state index in [1.54, 1.807) is 19.2 Å². The Kier molecular flexibility index (Phi) is 6.55. The highest BCUT2D eigenvalue weighted by Gasteiger charge is 2.13. The number of carbonyl (C=O) groups is 1. The molecule has 0 fully saturated rings. The van der Waals surface area contributed by atoms with Crippen molar-refractivity contribution >= 4 is 21.9 Å². The van der Waals surface area contributed by atoms with Crippen molar-refractivity contribution in [3.8, 4) is 17.2 Å². The summed E-state index contributed by atoms with van der Waals surface area (Å²) in [7, 11) is 1.58. The van der Waals surface area contributed by atoms with E-state index in [1.165, 1.54) is 6.07 Å². The van der Waals surface area contributed by atoms with E-state index in [9.17, 15) is 9.90 Å². The maximum absolute atomic E-state index is 11.4. The number of carboxylic acid groups (broad SMARTS) is 1. The molecule has 0 heterocycles. The van der Waals surface area contributed by atoms with Crippen LogP contribution in [0.2, 0.25) is 0 Å². The number of aromatic carboxylic acids is 1. The number of rotatable bonds is 8. The molecule has 0 aromatic heterocycles. The fraction of sp³-hybridized carbons (Fsp3) is 0.136. The molecule has 0 aliphatic heterocycles. The zero-order valence-corrected chi connectivity index (χ0v) is 16.8. The van der Waals surface area contributed by atoms with Crippen molar-refractivity contribution < 1.29 is 24.1 Å². The normalized spacial score (nSPS) is 10.4. The molecule has 3 rings (SSSR count). The van der Waals surface area contributed by atoms with E-state index in [2.05, 4.69) is 15.9 Å². The van der Waals surface area contributed by atoms with Crippen LogP contribution in [0.4, 0.5) is 0 Å². The van der Waals surface area contributed by atoms with E-state index in [0.29, 0.717) is 28.3 Å². The summed E-state index contributed by atoms with van der Waals surface area (Å²) in [6.07, 6.45) is 0. The molecule has 0 saturated carbocycles. The molecular formula is C22H19BrO5. The Hall–Kier alpha value is -2.99. The zero-order valence-electron chi connectivity index (χ0n) is 15.2. The Morgan fingerprint density at radius 1 is 0.857 bits per heavy atom. The predicted molar refractivity (Wildman–Crippen MR) is 109 cm³/mol. The zero-order chi connectivity index (χ0) is 19.9. The Labute approximate surface area is 171 Å². The molecule has 0 spiro atoms. The van der Waals surface area contributed by atoms with Gasteiger partial charge in [-0.05, 0) is 41.5 Å². The first-order valence-electron chi connectivity index (χ1n) is 8.56. The number of carboxylic acids is 1. The van der Waals surface area contributed by atoms with Crippen LogP contribution in [-0.4, -0.2) is 18.2 Å². The van der Waals surface area contributed by atoms with Gasteiger partial charge in [0.05, 0.1) is 7.11 Å². The maximum Gasteiger partial charge on any atom is 0.339 e. The largest absolute Gasteiger partial charge is 0.493 e. The predicted octanol–water partition coefficient (Wildman–Crippen LogP) is 5.31. The summed E-state index contributed by atoms with van der Waals surface area (Å²) in [5, 5.41) is 9.32. The molecule has 0 atom stereocenters. The van der Waals surface area contributed by atoms with Gasteiger partial charge in [0.2, 0.25) is 0 Å². The Morgan fingerprint density at radius 2 is 1.54 bits per heavy atom. The molecule has 6 heteroatoms. The van der Waals surface area contributed by atoms with Gasteiger partial charge in [0.25, 0.3) is 0 Å². The molecule has 0 radical (unpaired) electrons. The van der Waals surface area contributed by atoms with Crippen LogP contribution in [0.1, 0.15) is 21.5 Å². The van der Waals surface area contributed by atoms with Gasteiger partial charge in [-0.1, -0.05) is 52.3 Å². The van der Waals surface area contributed by atoms with Crippen molar-refractivity contribution in [2.24, 2.45) is 0 Å². The number of ether oxygens (including phenoxy) is 3. The summed E-state index contributed by atoms with van der Waals surface area (Å²) in [4.78, 5) is 11.4. The van der Waals surface area contributed by atoms with Gasteiger partial charge in [-0.25, -0.2) is 4.79 Å². The number of methoxy groups -OCH3 is 1.